The van der Waals surface area contributed by atoms with Crippen LogP contribution in [0.2, 0.25) is 0 Å². The molecule has 1 aliphatic rings. The number of rotatable bonds is 8. The third-order valence-electron chi connectivity index (χ3n) is 4.15. The minimum absolute atomic E-state index is 0. The Morgan fingerprint density at radius 3 is 2.35 bits per heavy atom. The summed E-state index contributed by atoms with van der Waals surface area (Å²) in [5.41, 5.74) is 0. The lowest BCUT2D eigenvalue weighted by Crippen LogP contribution is -2.44. The Hall–Kier alpha value is -0.0900. The quantitative estimate of drug-likeness (QED) is 0.252. The van der Waals surface area contributed by atoms with Crippen LogP contribution in [-0.4, -0.2) is 58.2 Å². The van der Waals surface area contributed by atoms with Crippen LogP contribution < -0.4 is 10.6 Å². The summed E-state index contributed by atoms with van der Waals surface area (Å²) in [6.45, 7) is 5.28. The van der Waals surface area contributed by atoms with Crippen molar-refractivity contribution in [2.45, 2.75) is 45.4 Å². The van der Waals surface area contributed by atoms with Gasteiger partial charge in [-0.1, -0.05) is 26.2 Å². The molecule has 0 saturated carbocycles. The molecule has 0 aliphatic carbocycles. The van der Waals surface area contributed by atoms with E-state index in [4.69, 9.17) is 0 Å². The van der Waals surface area contributed by atoms with Crippen molar-refractivity contribution in [3.05, 3.63) is 0 Å². The molecule has 0 unspecified atom stereocenters. The molecule has 0 aromatic carbocycles. The number of guanidine groups is 1. The second-order valence-corrected chi connectivity index (χ2v) is 8.03. The van der Waals surface area contributed by atoms with Crippen molar-refractivity contribution in [3.63, 3.8) is 0 Å². The fourth-order valence-electron chi connectivity index (χ4n) is 2.67. The Kier molecular flexibility index (Phi) is 12.2. The van der Waals surface area contributed by atoms with Gasteiger partial charge in [-0.15, -0.1) is 24.0 Å². The van der Waals surface area contributed by atoms with E-state index in [1.807, 2.05) is 0 Å². The third-order valence-corrected chi connectivity index (χ3v) is 5.45. The molecule has 0 amide bonds. The summed E-state index contributed by atoms with van der Waals surface area (Å²) in [5, 5.41) is 6.69. The van der Waals surface area contributed by atoms with Crippen LogP contribution in [0.3, 0.4) is 0 Å². The smallest absolute Gasteiger partial charge is 0.211 e. The number of nitrogens with zero attached hydrogens (tertiary/aromatic N) is 2. The summed E-state index contributed by atoms with van der Waals surface area (Å²) in [7, 11) is -1.24. The summed E-state index contributed by atoms with van der Waals surface area (Å²) in [6, 6.07) is 0. The van der Waals surface area contributed by atoms with Gasteiger partial charge < -0.3 is 10.6 Å². The van der Waals surface area contributed by atoms with Crippen LogP contribution >= 0.6 is 24.0 Å². The van der Waals surface area contributed by atoms with E-state index in [9.17, 15) is 8.42 Å². The number of sulfonamides is 1. The molecule has 0 atom stereocenters. The SMILES string of the molecule is CCCCCCNC(=NC)NCC1CCN(S(C)(=O)=O)CC1.I. The second kappa shape index (κ2) is 12.3. The summed E-state index contributed by atoms with van der Waals surface area (Å²) in [6.07, 6.45) is 8.06. The highest BCUT2D eigenvalue weighted by Gasteiger charge is 2.24. The second-order valence-electron chi connectivity index (χ2n) is 6.05. The fourth-order valence-corrected chi connectivity index (χ4v) is 3.54. The van der Waals surface area contributed by atoms with E-state index in [-0.39, 0.29) is 24.0 Å². The molecular weight excluding hydrogens is 427 g/mol. The van der Waals surface area contributed by atoms with Gasteiger partial charge in [-0.25, -0.2) is 12.7 Å². The number of halogens is 1. The minimum Gasteiger partial charge on any atom is -0.356 e. The van der Waals surface area contributed by atoms with Crippen molar-refractivity contribution in [1.82, 2.24) is 14.9 Å². The monoisotopic (exact) mass is 460 g/mol. The first kappa shape index (κ1) is 22.9. The molecule has 8 heteroatoms. The van der Waals surface area contributed by atoms with Crippen LogP contribution in [0.15, 0.2) is 4.99 Å². The molecule has 1 heterocycles. The number of nitrogens with one attached hydrogen (secondary N) is 2. The summed E-state index contributed by atoms with van der Waals surface area (Å²) < 4.78 is 24.5. The van der Waals surface area contributed by atoms with E-state index < -0.39 is 10.0 Å². The number of hydrogen-bond acceptors (Lipinski definition) is 3. The molecule has 1 rings (SSSR count). The fraction of sp³-hybridized carbons (Fsp3) is 0.933. The lowest BCUT2D eigenvalue weighted by atomic mass is 9.98. The number of hydrogen-bond donors (Lipinski definition) is 2. The Morgan fingerprint density at radius 1 is 1.17 bits per heavy atom. The van der Waals surface area contributed by atoms with Crippen molar-refractivity contribution in [1.29, 1.82) is 0 Å². The van der Waals surface area contributed by atoms with Crippen LogP contribution in [0.4, 0.5) is 0 Å². The minimum atomic E-state index is -3.03. The highest BCUT2D eigenvalue weighted by Crippen LogP contribution is 2.18. The molecule has 0 spiro atoms. The molecule has 1 fully saturated rings. The van der Waals surface area contributed by atoms with Crippen LogP contribution in [0.5, 0.6) is 0 Å². The highest BCUT2D eigenvalue weighted by atomic mass is 127. The van der Waals surface area contributed by atoms with Crippen LogP contribution in [-0.2, 0) is 10.0 Å². The van der Waals surface area contributed by atoms with E-state index in [0.717, 1.165) is 31.9 Å². The van der Waals surface area contributed by atoms with Gasteiger partial charge in [0.1, 0.15) is 0 Å². The standard InChI is InChI=1S/C15H32N4O2S.HI/c1-4-5-6-7-10-17-15(16-2)18-13-14-8-11-19(12-9-14)22(3,20)21;/h14H,4-13H2,1-3H3,(H2,16,17,18);1H. The molecule has 2 N–H and O–H groups in total. The lowest BCUT2D eigenvalue weighted by molar-refractivity contribution is 0.275. The first-order valence-electron chi connectivity index (χ1n) is 8.37. The summed E-state index contributed by atoms with van der Waals surface area (Å²) in [5.74, 6) is 1.36. The van der Waals surface area contributed by atoms with E-state index in [2.05, 4.69) is 22.5 Å². The van der Waals surface area contributed by atoms with E-state index >= 15 is 0 Å². The predicted molar refractivity (Wildman–Crippen MR) is 108 cm³/mol. The zero-order valence-corrected chi connectivity index (χ0v) is 17.8. The van der Waals surface area contributed by atoms with E-state index in [1.54, 1.807) is 11.4 Å². The molecule has 0 aromatic rings. The van der Waals surface area contributed by atoms with E-state index in [1.165, 1.54) is 31.9 Å². The molecule has 0 bridgehead atoms. The van der Waals surface area contributed by atoms with Crippen molar-refractivity contribution in [3.8, 4) is 0 Å². The molecule has 1 saturated heterocycles. The zero-order chi connectivity index (χ0) is 16.4. The van der Waals surface area contributed by atoms with Crippen molar-refractivity contribution in [2.75, 3.05) is 39.5 Å². The summed E-state index contributed by atoms with van der Waals surface area (Å²) in [4.78, 5) is 4.23. The molecular formula is C15H33IN4O2S. The van der Waals surface area contributed by atoms with Gasteiger partial charge in [0.05, 0.1) is 6.26 Å². The Morgan fingerprint density at radius 2 is 1.83 bits per heavy atom. The molecule has 138 valence electrons. The first-order chi connectivity index (χ1) is 10.5. The van der Waals surface area contributed by atoms with Gasteiger partial charge >= 0.3 is 0 Å². The van der Waals surface area contributed by atoms with Gasteiger partial charge in [0.2, 0.25) is 10.0 Å². The molecule has 23 heavy (non-hydrogen) atoms. The average Bonchev–Trinajstić information content (AvgIpc) is 2.49. The van der Waals surface area contributed by atoms with Crippen LogP contribution in [0, 0.1) is 5.92 Å². The maximum atomic E-state index is 11.5. The Labute approximate surface area is 159 Å². The lowest BCUT2D eigenvalue weighted by Gasteiger charge is -2.30. The normalized spacial score (nSPS) is 17.6. The van der Waals surface area contributed by atoms with Gasteiger partial charge in [-0.3, -0.25) is 4.99 Å². The average molecular weight is 460 g/mol. The largest absolute Gasteiger partial charge is 0.356 e. The van der Waals surface area contributed by atoms with Gasteiger partial charge in [-0.05, 0) is 25.2 Å². The van der Waals surface area contributed by atoms with Gasteiger partial charge in [0.25, 0.3) is 0 Å². The molecule has 1 aliphatic heterocycles. The van der Waals surface area contributed by atoms with Crippen molar-refractivity contribution < 1.29 is 8.42 Å². The number of aliphatic imine (C=N–C) groups is 1. The van der Waals surface area contributed by atoms with E-state index in [0.29, 0.717) is 19.0 Å². The van der Waals surface area contributed by atoms with Gasteiger partial charge in [-0.2, -0.15) is 0 Å². The van der Waals surface area contributed by atoms with Crippen LogP contribution in [0.1, 0.15) is 45.4 Å². The molecule has 0 radical (unpaired) electrons. The maximum absolute atomic E-state index is 11.5. The first-order valence-corrected chi connectivity index (χ1v) is 10.2. The highest BCUT2D eigenvalue weighted by molar-refractivity contribution is 14.0. The van der Waals surface area contributed by atoms with Crippen molar-refractivity contribution in [2.24, 2.45) is 10.9 Å². The predicted octanol–water partition coefficient (Wildman–Crippen LogP) is 2.02. The zero-order valence-electron chi connectivity index (χ0n) is 14.7. The number of piperidine rings is 1. The van der Waals surface area contributed by atoms with Gasteiger partial charge in [0, 0.05) is 33.2 Å². The topological polar surface area (TPSA) is 73.8 Å². The molecule has 0 aromatic heterocycles. The Balaban J connectivity index is 0.00000484. The molecule has 6 nitrogen and oxygen atoms in total. The summed E-state index contributed by atoms with van der Waals surface area (Å²) >= 11 is 0. The van der Waals surface area contributed by atoms with Crippen LogP contribution in [0.25, 0.3) is 0 Å². The number of unbranched alkanes of at least 4 members (excludes halogenated alkanes) is 3. The maximum Gasteiger partial charge on any atom is 0.211 e. The Bertz CT molecular complexity index is 435. The van der Waals surface area contributed by atoms with Gasteiger partial charge in [0.15, 0.2) is 5.96 Å². The van der Waals surface area contributed by atoms with Crippen molar-refractivity contribution >= 4 is 40.0 Å². The third kappa shape index (κ3) is 9.71.